The second kappa shape index (κ2) is 5.25. The third kappa shape index (κ3) is 2.50. The molecule has 1 nitrogen and oxygen atoms in total. The summed E-state index contributed by atoms with van der Waals surface area (Å²) in [6, 6.07) is 2.50. The van der Waals surface area contributed by atoms with Crippen LogP contribution in [0.3, 0.4) is 0 Å². The zero-order chi connectivity index (χ0) is 10.7. The molecule has 0 fully saturated rings. The fraction of sp³-hybridized carbons (Fsp3) is 0.273. The SMILES string of the molecule is CCNC(c1ccsc1)c1cscc1Br. The molecule has 0 aliphatic carbocycles. The maximum Gasteiger partial charge on any atom is 0.0604 e. The van der Waals surface area contributed by atoms with Crippen LogP contribution in [0.4, 0.5) is 0 Å². The van der Waals surface area contributed by atoms with E-state index >= 15 is 0 Å². The second-order valence-electron chi connectivity index (χ2n) is 3.22. The molecule has 2 aromatic heterocycles. The van der Waals surface area contributed by atoms with Crippen molar-refractivity contribution >= 4 is 38.6 Å². The van der Waals surface area contributed by atoms with E-state index in [9.17, 15) is 0 Å². The molecule has 0 amide bonds. The molecule has 80 valence electrons. The van der Waals surface area contributed by atoms with Gasteiger partial charge >= 0.3 is 0 Å². The van der Waals surface area contributed by atoms with Crippen molar-refractivity contribution in [2.45, 2.75) is 13.0 Å². The first-order valence-electron chi connectivity index (χ1n) is 4.80. The molecule has 1 N–H and O–H groups in total. The maximum atomic E-state index is 3.60. The Morgan fingerprint density at radius 3 is 2.73 bits per heavy atom. The Kier molecular flexibility index (Phi) is 3.97. The number of halogens is 1. The predicted molar refractivity (Wildman–Crippen MR) is 71.9 cm³/mol. The van der Waals surface area contributed by atoms with E-state index < -0.39 is 0 Å². The van der Waals surface area contributed by atoms with Crippen LogP contribution in [-0.4, -0.2) is 6.54 Å². The summed E-state index contributed by atoms with van der Waals surface area (Å²) in [6.45, 7) is 3.11. The highest BCUT2D eigenvalue weighted by Crippen LogP contribution is 2.32. The minimum Gasteiger partial charge on any atom is -0.306 e. The van der Waals surface area contributed by atoms with Crippen molar-refractivity contribution in [1.82, 2.24) is 5.32 Å². The highest BCUT2D eigenvalue weighted by molar-refractivity contribution is 9.10. The van der Waals surface area contributed by atoms with Gasteiger partial charge in [0, 0.05) is 9.85 Å². The summed E-state index contributed by atoms with van der Waals surface area (Å²) in [5.74, 6) is 0. The van der Waals surface area contributed by atoms with E-state index in [4.69, 9.17) is 0 Å². The van der Waals surface area contributed by atoms with E-state index in [1.807, 2.05) is 0 Å². The minimum absolute atomic E-state index is 0.321. The fourth-order valence-electron chi connectivity index (χ4n) is 1.55. The van der Waals surface area contributed by atoms with Gasteiger partial charge < -0.3 is 5.32 Å². The predicted octanol–water partition coefficient (Wildman–Crippen LogP) is 4.27. The molecule has 2 heterocycles. The lowest BCUT2D eigenvalue weighted by atomic mass is 10.1. The van der Waals surface area contributed by atoms with Crippen LogP contribution in [0.1, 0.15) is 24.1 Å². The Morgan fingerprint density at radius 2 is 2.20 bits per heavy atom. The van der Waals surface area contributed by atoms with Crippen LogP contribution in [0.25, 0.3) is 0 Å². The van der Waals surface area contributed by atoms with Gasteiger partial charge in [-0.2, -0.15) is 22.7 Å². The van der Waals surface area contributed by atoms with Gasteiger partial charge in [-0.15, -0.1) is 0 Å². The number of thiophene rings is 2. The van der Waals surface area contributed by atoms with E-state index in [2.05, 4.69) is 55.8 Å². The maximum absolute atomic E-state index is 3.60. The molecule has 2 rings (SSSR count). The van der Waals surface area contributed by atoms with E-state index in [1.165, 1.54) is 15.6 Å². The molecule has 0 radical (unpaired) electrons. The molecule has 0 aliphatic heterocycles. The largest absolute Gasteiger partial charge is 0.306 e. The molecule has 15 heavy (non-hydrogen) atoms. The molecule has 1 unspecified atom stereocenters. The van der Waals surface area contributed by atoms with E-state index in [0.717, 1.165) is 6.54 Å². The summed E-state index contributed by atoms with van der Waals surface area (Å²) >= 11 is 7.08. The Hall–Kier alpha value is -0.160. The zero-order valence-electron chi connectivity index (χ0n) is 8.37. The van der Waals surface area contributed by atoms with Crippen molar-refractivity contribution in [2.75, 3.05) is 6.54 Å². The summed E-state index contributed by atoms with van der Waals surface area (Å²) in [4.78, 5) is 0. The molecule has 4 heteroatoms. The van der Waals surface area contributed by atoms with Crippen LogP contribution >= 0.6 is 38.6 Å². The van der Waals surface area contributed by atoms with Crippen molar-refractivity contribution in [3.8, 4) is 0 Å². The molecule has 0 saturated heterocycles. The van der Waals surface area contributed by atoms with E-state index in [0.29, 0.717) is 6.04 Å². The monoisotopic (exact) mass is 301 g/mol. The lowest BCUT2D eigenvalue weighted by molar-refractivity contribution is 0.632. The summed E-state index contributed by atoms with van der Waals surface area (Å²) in [6.07, 6.45) is 0. The molecular weight excluding hydrogens is 290 g/mol. The summed E-state index contributed by atoms with van der Waals surface area (Å²) < 4.78 is 1.20. The highest BCUT2D eigenvalue weighted by atomic mass is 79.9. The van der Waals surface area contributed by atoms with Crippen molar-refractivity contribution in [3.05, 3.63) is 43.2 Å². The Bertz CT molecular complexity index is 408. The smallest absolute Gasteiger partial charge is 0.0604 e. The molecule has 0 aromatic carbocycles. The van der Waals surface area contributed by atoms with Crippen LogP contribution < -0.4 is 5.32 Å². The van der Waals surface area contributed by atoms with Gasteiger partial charge in [0.2, 0.25) is 0 Å². The Balaban J connectivity index is 2.32. The van der Waals surface area contributed by atoms with Crippen LogP contribution in [0, 0.1) is 0 Å². The molecule has 0 saturated carbocycles. The summed E-state index contributed by atoms with van der Waals surface area (Å²) in [7, 11) is 0. The summed E-state index contributed by atoms with van der Waals surface area (Å²) in [5, 5.41) is 12.2. The Labute approximate surface area is 106 Å². The topological polar surface area (TPSA) is 12.0 Å². The van der Waals surface area contributed by atoms with Gasteiger partial charge in [0.1, 0.15) is 0 Å². The van der Waals surface area contributed by atoms with Gasteiger partial charge in [-0.1, -0.05) is 6.92 Å². The summed E-state index contributed by atoms with van der Waals surface area (Å²) in [5.41, 5.74) is 2.68. The lowest BCUT2D eigenvalue weighted by Crippen LogP contribution is -2.21. The molecule has 1 atom stereocenters. The Morgan fingerprint density at radius 1 is 1.33 bits per heavy atom. The van der Waals surface area contributed by atoms with Crippen molar-refractivity contribution < 1.29 is 0 Å². The van der Waals surface area contributed by atoms with Gasteiger partial charge in [-0.05, 0) is 55.8 Å². The normalized spacial score (nSPS) is 12.9. The molecule has 0 bridgehead atoms. The van der Waals surface area contributed by atoms with Crippen LogP contribution in [0.15, 0.2) is 32.1 Å². The average molecular weight is 302 g/mol. The van der Waals surface area contributed by atoms with Gasteiger partial charge in [-0.3, -0.25) is 0 Å². The quantitative estimate of drug-likeness (QED) is 0.889. The lowest BCUT2D eigenvalue weighted by Gasteiger charge is -2.16. The zero-order valence-corrected chi connectivity index (χ0v) is 11.6. The molecule has 2 aromatic rings. The standard InChI is InChI=1S/C11H12BrNS2/c1-2-13-11(8-3-4-14-5-8)9-6-15-7-10(9)12/h3-7,11,13H,2H2,1H3. The van der Waals surface area contributed by atoms with Gasteiger partial charge in [0.25, 0.3) is 0 Å². The van der Waals surface area contributed by atoms with Gasteiger partial charge in [-0.25, -0.2) is 0 Å². The number of nitrogens with one attached hydrogen (secondary N) is 1. The molecular formula is C11H12BrNS2. The van der Waals surface area contributed by atoms with Crippen molar-refractivity contribution in [1.29, 1.82) is 0 Å². The third-order valence-electron chi connectivity index (χ3n) is 2.24. The van der Waals surface area contributed by atoms with Gasteiger partial charge in [0.15, 0.2) is 0 Å². The fourth-order valence-corrected chi connectivity index (χ4v) is 3.79. The van der Waals surface area contributed by atoms with Crippen LogP contribution in [0.2, 0.25) is 0 Å². The number of hydrogen-bond donors (Lipinski definition) is 1. The second-order valence-corrected chi connectivity index (χ2v) is 5.60. The number of rotatable bonds is 4. The van der Waals surface area contributed by atoms with E-state index in [1.54, 1.807) is 22.7 Å². The highest BCUT2D eigenvalue weighted by Gasteiger charge is 2.16. The minimum atomic E-state index is 0.321. The average Bonchev–Trinajstić information content (AvgIpc) is 2.85. The number of hydrogen-bond acceptors (Lipinski definition) is 3. The van der Waals surface area contributed by atoms with Crippen molar-refractivity contribution in [2.24, 2.45) is 0 Å². The molecule has 0 spiro atoms. The van der Waals surface area contributed by atoms with Gasteiger partial charge in [0.05, 0.1) is 6.04 Å². The first-order valence-corrected chi connectivity index (χ1v) is 7.48. The first-order chi connectivity index (χ1) is 7.33. The third-order valence-corrected chi connectivity index (χ3v) is 4.69. The van der Waals surface area contributed by atoms with Crippen molar-refractivity contribution in [3.63, 3.8) is 0 Å². The van der Waals surface area contributed by atoms with Crippen LogP contribution in [-0.2, 0) is 0 Å². The first kappa shape index (κ1) is 11.3. The van der Waals surface area contributed by atoms with E-state index in [-0.39, 0.29) is 0 Å². The van der Waals surface area contributed by atoms with Crippen LogP contribution in [0.5, 0.6) is 0 Å². The molecule has 0 aliphatic rings.